The molecule has 1 nitrogen and oxygen atoms in total. The normalized spacial score (nSPS) is 16.1. The molecule has 1 heterocycles. The van der Waals surface area contributed by atoms with Gasteiger partial charge in [-0.1, -0.05) is 26.8 Å². The SMILES string of the molecule is CNC(c1cccs1)C(C)C(C)C. The fourth-order valence-corrected chi connectivity index (χ4v) is 2.47. The van der Waals surface area contributed by atoms with Crippen LogP contribution in [0, 0.1) is 11.8 Å². The highest BCUT2D eigenvalue weighted by molar-refractivity contribution is 7.10. The summed E-state index contributed by atoms with van der Waals surface area (Å²) in [6, 6.07) is 4.85. The minimum absolute atomic E-state index is 0.514. The van der Waals surface area contributed by atoms with Gasteiger partial charge in [-0.05, 0) is 30.3 Å². The van der Waals surface area contributed by atoms with Gasteiger partial charge in [-0.25, -0.2) is 0 Å². The van der Waals surface area contributed by atoms with E-state index in [0.29, 0.717) is 12.0 Å². The predicted molar refractivity (Wildman–Crippen MR) is 60.1 cm³/mol. The Bertz CT molecular complexity index is 228. The monoisotopic (exact) mass is 197 g/mol. The van der Waals surface area contributed by atoms with E-state index in [1.807, 2.05) is 18.4 Å². The summed E-state index contributed by atoms with van der Waals surface area (Å²) in [5.41, 5.74) is 0. The summed E-state index contributed by atoms with van der Waals surface area (Å²) in [7, 11) is 2.04. The second-order valence-electron chi connectivity index (χ2n) is 3.88. The van der Waals surface area contributed by atoms with Crippen LogP contribution in [0.25, 0.3) is 0 Å². The molecule has 0 spiro atoms. The third kappa shape index (κ3) is 2.55. The maximum Gasteiger partial charge on any atom is 0.0440 e. The highest BCUT2D eigenvalue weighted by Crippen LogP contribution is 2.29. The molecule has 0 radical (unpaired) electrons. The lowest BCUT2D eigenvalue weighted by atomic mass is 9.89. The van der Waals surface area contributed by atoms with E-state index in [4.69, 9.17) is 0 Å². The standard InChI is InChI=1S/C11H19NS/c1-8(2)9(3)11(12-4)10-6-5-7-13-10/h5-9,11-12H,1-4H3. The van der Waals surface area contributed by atoms with Gasteiger partial charge in [-0.2, -0.15) is 0 Å². The van der Waals surface area contributed by atoms with Crippen molar-refractivity contribution >= 4 is 11.3 Å². The largest absolute Gasteiger partial charge is 0.312 e. The fraction of sp³-hybridized carbons (Fsp3) is 0.636. The molecule has 0 aromatic carbocycles. The Morgan fingerprint density at radius 2 is 2.00 bits per heavy atom. The van der Waals surface area contributed by atoms with Gasteiger partial charge in [0.2, 0.25) is 0 Å². The van der Waals surface area contributed by atoms with Crippen molar-refractivity contribution in [1.29, 1.82) is 0 Å². The molecule has 1 aromatic heterocycles. The summed E-state index contributed by atoms with van der Waals surface area (Å²) in [6.07, 6.45) is 0. The van der Waals surface area contributed by atoms with Crippen LogP contribution in [0.2, 0.25) is 0 Å². The van der Waals surface area contributed by atoms with E-state index in [0.717, 1.165) is 5.92 Å². The van der Waals surface area contributed by atoms with E-state index in [1.54, 1.807) is 0 Å². The van der Waals surface area contributed by atoms with Crippen LogP contribution in [-0.4, -0.2) is 7.05 Å². The Hall–Kier alpha value is -0.340. The summed E-state index contributed by atoms with van der Waals surface area (Å²) in [6.45, 7) is 6.87. The van der Waals surface area contributed by atoms with E-state index in [1.165, 1.54) is 4.88 Å². The maximum atomic E-state index is 3.40. The van der Waals surface area contributed by atoms with Gasteiger partial charge in [0.05, 0.1) is 0 Å². The van der Waals surface area contributed by atoms with Gasteiger partial charge in [0.25, 0.3) is 0 Å². The number of rotatable bonds is 4. The number of hydrogen-bond acceptors (Lipinski definition) is 2. The average molecular weight is 197 g/mol. The molecular weight excluding hydrogens is 178 g/mol. The second kappa shape index (κ2) is 4.77. The van der Waals surface area contributed by atoms with E-state index in [2.05, 4.69) is 43.6 Å². The molecule has 1 N–H and O–H groups in total. The van der Waals surface area contributed by atoms with Crippen molar-refractivity contribution in [3.05, 3.63) is 22.4 Å². The Kier molecular flexibility index (Phi) is 3.94. The summed E-state index contributed by atoms with van der Waals surface area (Å²) < 4.78 is 0. The predicted octanol–water partition coefficient (Wildman–Crippen LogP) is 3.30. The van der Waals surface area contributed by atoms with Gasteiger partial charge >= 0.3 is 0 Å². The summed E-state index contributed by atoms with van der Waals surface area (Å²) >= 11 is 1.84. The van der Waals surface area contributed by atoms with Crippen molar-refractivity contribution in [2.24, 2.45) is 11.8 Å². The zero-order chi connectivity index (χ0) is 9.84. The van der Waals surface area contributed by atoms with Crippen LogP contribution in [-0.2, 0) is 0 Å². The lowest BCUT2D eigenvalue weighted by molar-refractivity contribution is 0.321. The summed E-state index contributed by atoms with van der Waals surface area (Å²) in [5, 5.41) is 5.54. The smallest absolute Gasteiger partial charge is 0.0440 e. The van der Waals surface area contributed by atoms with Crippen LogP contribution in [0.1, 0.15) is 31.7 Å². The Balaban J connectivity index is 2.74. The molecule has 0 aliphatic heterocycles. The number of hydrogen-bond donors (Lipinski definition) is 1. The average Bonchev–Trinajstić information content (AvgIpc) is 2.58. The van der Waals surface area contributed by atoms with Crippen molar-refractivity contribution in [1.82, 2.24) is 5.32 Å². The first-order valence-electron chi connectivity index (χ1n) is 4.87. The molecule has 2 unspecified atom stereocenters. The van der Waals surface area contributed by atoms with Gasteiger partial charge < -0.3 is 5.32 Å². The highest BCUT2D eigenvalue weighted by Gasteiger charge is 2.20. The van der Waals surface area contributed by atoms with Gasteiger partial charge in [0, 0.05) is 10.9 Å². The molecule has 0 saturated heterocycles. The van der Waals surface area contributed by atoms with Crippen molar-refractivity contribution in [3.63, 3.8) is 0 Å². The lowest BCUT2D eigenvalue weighted by Gasteiger charge is -2.25. The first kappa shape index (κ1) is 10.7. The topological polar surface area (TPSA) is 12.0 Å². The molecule has 1 rings (SSSR count). The van der Waals surface area contributed by atoms with Gasteiger partial charge in [0.15, 0.2) is 0 Å². The second-order valence-corrected chi connectivity index (χ2v) is 4.86. The molecule has 0 aliphatic rings. The van der Waals surface area contributed by atoms with Gasteiger partial charge in [-0.15, -0.1) is 11.3 Å². The van der Waals surface area contributed by atoms with Crippen LogP contribution in [0.15, 0.2) is 17.5 Å². The Morgan fingerprint density at radius 1 is 1.31 bits per heavy atom. The third-order valence-electron chi connectivity index (χ3n) is 2.74. The summed E-state index contributed by atoms with van der Waals surface area (Å²) in [4.78, 5) is 1.45. The number of thiophene rings is 1. The van der Waals surface area contributed by atoms with Crippen LogP contribution in [0.3, 0.4) is 0 Å². The van der Waals surface area contributed by atoms with Crippen LogP contribution < -0.4 is 5.32 Å². The maximum absolute atomic E-state index is 3.40. The van der Waals surface area contributed by atoms with E-state index in [9.17, 15) is 0 Å². The lowest BCUT2D eigenvalue weighted by Crippen LogP contribution is -2.25. The Morgan fingerprint density at radius 3 is 2.38 bits per heavy atom. The van der Waals surface area contributed by atoms with Crippen molar-refractivity contribution in [2.45, 2.75) is 26.8 Å². The highest BCUT2D eigenvalue weighted by atomic mass is 32.1. The minimum Gasteiger partial charge on any atom is -0.312 e. The van der Waals surface area contributed by atoms with Crippen LogP contribution in [0.4, 0.5) is 0 Å². The van der Waals surface area contributed by atoms with Crippen molar-refractivity contribution in [3.8, 4) is 0 Å². The van der Waals surface area contributed by atoms with Crippen LogP contribution >= 0.6 is 11.3 Å². The molecule has 2 atom stereocenters. The third-order valence-corrected chi connectivity index (χ3v) is 3.69. The van der Waals surface area contributed by atoms with Crippen LogP contribution in [0.5, 0.6) is 0 Å². The zero-order valence-electron chi connectivity index (χ0n) is 8.87. The minimum atomic E-state index is 0.514. The van der Waals surface area contributed by atoms with Crippen molar-refractivity contribution in [2.75, 3.05) is 7.05 Å². The van der Waals surface area contributed by atoms with E-state index >= 15 is 0 Å². The van der Waals surface area contributed by atoms with E-state index < -0.39 is 0 Å². The molecule has 2 heteroatoms. The molecule has 1 aromatic rings. The molecule has 0 aliphatic carbocycles. The van der Waals surface area contributed by atoms with Gasteiger partial charge in [-0.3, -0.25) is 0 Å². The zero-order valence-corrected chi connectivity index (χ0v) is 9.69. The molecule has 0 saturated carbocycles. The first-order chi connectivity index (χ1) is 6.16. The molecule has 0 bridgehead atoms. The Labute approximate surface area is 85.2 Å². The van der Waals surface area contributed by atoms with Crippen molar-refractivity contribution < 1.29 is 0 Å². The molecule has 13 heavy (non-hydrogen) atoms. The van der Waals surface area contributed by atoms with Gasteiger partial charge in [0.1, 0.15) is 0 Å². The molecule has 0 amide bonds. The molecule has 74 valence electrons. The van der Waals surface area contributed by atoms with E-state index in [-0.39, 0.29) is 0 Å². The molecule has 0 fully saturated rings. The summed E-state index contributed by atoms with van der Waals surface area (Å²) in [5.74, 6) is 1.41. The first-order valence-corrected chi connectivity index (χ1v) is 5.75. The fourth-order valence-electron chi connectivity index (χ4n) is 1.52. The molecular formula is C11H19NS. The number of nitrogens with one attached hydrogen (secondary N) is 1. The quantitative estimate of drug-likeness (QED) is 0.781.